The summed E-state index contributed by atoms with van der Waals surface area (Å²) < 4.78 is 38.8. The number of hydrogen-bond donors (Lipinski definition) is 2. The van der Waals surface area contributed by atoms with Gasteiger partial charge in [0.1, 0.15) is 11.5 Å². The van der Waals surface area contributed by atoms with Crippen LogP contribution < -0.4 is 9.46 Å². The van der Waals surface area contributed by atoms with Crippen LogP contribution in [-0.2, 0) is 25.1 Å². The molecule has 1 aliphatic rings. The lowest BCUT2D eigenvalue weighted by atomic mass is 10.0. The number of carbonyl (C=O) groups excluding carboxylic acids is 1. The summed E-state index contributed by atoms with van der Waals surface area (Å²) in [6, 6.07) is 8.59. The second-order valence-corrected chi connectivity index (χ2v) is 9.07. The molecule has 1 fully saturated rings. The number of nitrogens with one attached hydrogen (secondary N) is 1. The summed E-state index contributed by atoms with van der Waals surface area (Å²) >= 11 is 12.1. The minimum absolute atomic E-state index is 0.0537. The molecule has 29 heavy (non-hydrogen) atoms. The summed E-state index contributed by atoms with van der Waals surface area (Å²) in [5.74, 6) is -1.43. The van der Waals surface area contributed by atoms with Gasteiger partial charge in [0.15, 0.2) is 0 Å². The molecular weight excluding hydrogens is 441 g/mol. The molecular formula is C19H19Cl2NO6S. The number of methoxy groups -OCH3 is 1. The monoisotopic (exact) mass is 459 g/mol. The minimum Gasteiger partial charge on any atom is -0.506 e. The third-order valence-corrected chi connectivity index (χ3v) is 6.72. The molecule has 0 bridgehead atoms. The predicted octanol–water partition coefficient (Wildman–Crippen LogP) is 3.46. The molecule has 1 aliphatic carbocycles. The SMILES string of the molecule is CCOC(=O)C1CC1(NS(=O)(=O)c1cccc(OC)c1)c1cc(Cl)cc(Cl)c1O. The molecule has 1 saturated carbocycles. The van der Waals surface area contributed by atoms with Gasteiger partial charge in [-0.25, -0.2) is 8.42 Å². The summed E-state index contributed by atoms with van der Waals surface area (Å²) in [6.07, 6.45) is 0.0826. The van der Waals surface area contributed by atoms with E-state index in [1.54, 1.807) is 13.0 Å². The lowest BCUT2D eigenvalue weighted by molar-refractivity contribution is -0.145. The molecule has 2 aromatic carbocycles. The van der Waals surface area contributed by atoms with E-state index in [1.165, 1.54) is 37.4 Å². The zero-order chi connectivity index (χ0) is 21.4. The molecule has 0 aliphatic heterocycles. The molecule has 2 atom stereocenters. The van der Waals surface area contributed by atoms with Gasteiger partial charge in [-0.1, -0.05) is 29.3 Å². The topological polar surface area (TPSA) is 102 Å². The zero-order valence-electron chi connectivity index (χ0n) is 15.6. The van der Waals surface area contributed by atoms with Crippen molar-refractivity contribution in [3.05, 3.63) is 52.0 Å². The van der Waals surface area contributed by atoms with E-state index in [4.69, 9.17) is 32.7 Å². The Bertz CT molecular complexity index is 1060. The lowest BCUT2D eigenvalue weighted by Gasteiger charge is -2.22. The van der Waals surface area contributed by atoms with Crippen LogP contribution in [0, 0.1) is 5.92 Å². The molecule has 0 spiro atoms. The maximum Gasteiger partial charge on any atom is 0.311 e. The smallest absolute Gasteiger partial charge is 0.311 e. The summed E-state index contributed by atoms with van der Waals surface area (Å²) in [5.41, 5.74) is -1.33. The van der Waals surface area contributed by atoms with Crippen molar-refractivity contribution >= 4 is 39.2 Å². The summed E-state index contributed by atoms with van der Waals surface area (Å²) in [6.45, 7) is 1.78. The van der Waals surface area contributed by atoms with Crippen molar-refractivity contribution in [2.75, 3.05) is 13.7 Å². The van der Waals surface area contributed by atoms with Crippen LogP contribution in [0.1, 0.15) is 18.9 Å². The van der Waals surface area contributed by atoms with E-state index < -0.39 is 27.4 Å². The third-order valence-electron chi connectivity index (χ3n) is 4.71. The molecule has 10 heteroatoms. The number of halogens is 2. The highest BCUT2D eigenvalue weighted by Crippen LogP contribution is 2.57. The number of ether oxygens (including phenoxy) is 2. The number of hydrogen-bond acceptors (Lipinski definition) is 6. The predicted molar refractivity (Wildman–Crippen MR) is 108 cm³/mol. The lowest BCUT2D eigenvalue weighted by Crippen LogP contribution is -2.38. The largest absolute Gasteiger partial charge is 0.506 e. The quantitative estimate of drug-likeness (QED) is 0.614. The van der Waals surface area contributed by atoms with Gasteiger partial charge >= 0.3 is 5.97 Å². The van der Waals surface area contributed by atoms with Crippen LogP contribution in [0.15, 0.2) is 41.3 Å². The van der Waals surface area contributed by atoms with Crippen molar-refractivity contribution < 1.29 is 27.8 Å². The van der Waals surface area contributed by atoms with Crippen LogP contribution in [0.25, 0.3) is 0 Å². The van der Waals surface area contributed by atoms with E-state index in [-0.39, 0.29) is 39.3 Å². The Balaban J connectivity index is 2.08. The molecule has 2 unspecified atom stereocenters. The van der Waals surface area contributed by atoms with Crippen molar-refractivity contribution in [3.63, 3.8) is 0 Å². The molecule has 2 N–H and O–H groups in total. The Morgan fingerprint density at radius 1 is 1.31 bits per heavy atom. The van der Waals surface area contributed by atoms with Gasteiger partial charge in [0.05, 0.1) is 35.1 Å². The summed E-state index contributed by atoms with van der Waals surface area (Å²) in [7, 11) is -2.67. The number of rotatable bonds is 7. The Morgan fingerprint density at radius 2 is 2.03 bits per heavy atom. The fraction of sp³-hybridized carbons (Fsp3) is 0.316. The third kappa shape index (κ3) is 4.16. The maximum atomic E-state index is 13.1. The second kappa shape index (κ2) is 8.02. The Hall–Kier alpha value is -2.00. The maximum absolute atomic E-state index is 13.1. The molecule has 2 aromatic rings. The number of sulfonamides is 1. The Labute approximate surface area is 178 Å². The first-order valence-electron chi connectivity index (χ1n) is 8.67. The molecule has 0 radical (unpaired) electrons. The van der Waals surface area contributed by atoms with Crippen molar-refractivity contribution in [1.29, 1.82) is 0 Å². The van der Waals surface area contributed by atoms with Crippen molar-refractivity contribution in [2.45, 2.75) is 23.8 Å². The number of esters is 1. The first-order valence-corrected chi connectivity index (χ1v) is 10.9. The van der Waals surface area contributed by atoms with Gasteiger partial charge in [0, 0.05) is 16.7 Å². The van der Waals surface area contributed by atoms with Gasteiger partial charge in [-0.05, 0) is 37.6 Å². The number of benzene rings is 2. The van der Waals surface area contributed by atoms with Crippen molar-refractivity contribution in [2.24, 2.45) is 5.92 Å². The average molecular weight is 460 g/mol. The van der Waals surface area contributed by atoms with E-state index in [2.05, 4.69) is 4.72 Å². The van der Waals surface area contributed by atoms with E-state index in [9.17, 15) is 18.3 Å². The van der Waals surface area contributed by atoms with Gasteiger partial charge in [0.2, 0.25) is 10.0 Å². The van der Waals surface area contributed by atoms with Crippen LogP contribution in [0.4, 0.5) is 0 Å². The Kier molecular flexibility index (Phi) is 6.01. The van der Waals surface area contributed by atoms with Crippen LogP contribution in [-0.4, -0.2) is 33.2 Å². The number of phenolic OH excluding ortho intramolecular Hbond substituents is 1. The minimum atomic E-state index is -4.10. The summed E-state index contributed by atoms with van der Waals surface area (Å²) in [5, 5.41) is 10.6. The first kappa shape index (κ1) is 21.7. The van der Waals surface area contributed by atoms with Crippen LogP contribution in [0.5, 0.6) is 11.5 Å². The zero-order valence-corrected chi connectivity index (χ0v) is 17.9. The van der Waals surface area contributed by atoms with Gasteiger partial charge in [-0.2, -0.15) is 4.72 Å². The molecule has 7 nitrogen and oxygen atoms in total. The molecule has 0 heterocycles. The van der Waals surface area contributed by atoms with Crippen molar-refractivity contribution in [3.8, 4) is 11.5 Å². The molecule has 0 saturated heterocycles. The highest BCUT2D eigenvalue weighted by Gasteiger charge is 2.63. The number of aromatic hydroxyl groups is 1. The standard InChI is InChI=1S/C19H19Cl2NO6S/c1-3-28-18(24)15-10-19(15,14-7-11(20)8-16(21)17(14)23)22-29(25,26)13-6-4-5-12(9-13)27-2/h4-9,15,22-23H,3,10H2,1-2H3. The van der Waals surface area contributed by atoms with Gasteiger partial charge in [0.25, 0.3) is 0 Å². The normalized spacial score (nSPS) is 20.9. The van der Waals surface area contributed by atoms with E-state index in [1.807, 2.05) is 0 Å². The first-order chi connectivity index (χ1) is 13.6. The van der Waals surface area contributed by atoms with Gasteiger partial charge < -0.3 is 14.6 Å². The fourth-order valence-corrected chi connectivity index (χ4v) is 5.18. The fourth-order valence-electron chi connectivity index (χ4n) is 3.23. The second-order valence-electron chi connectivity index (χ2n) is 6.55. The number of carbonyl (C=O) groups is 1. The molecule has 3 rings (SSSR count). The molecule has 0 amide bonds. The van der Waals surface area contributed by atoms with Crippen LogP contribution in [0.2, 0.25) is 10.0 Å². The molecule has 156 valence electrons. The van der Waals surface area contributed by atoms with Crippen LogP contribution >= 0.6 is 23.2 Å². The van der Waals surface area contributed by atoms with Gasteiger partial charge in [-0.15, -0.1) is 0 Å². The van der Waals surface area contributed by atoms with Crippen LogP contribution in [0.3, 0.4) is 0 Å². The average Bonchev–Trinajstić information content (AvgIpc) is 3.39. The highest BCUT2D eigenvalue weighted by molar-refractivity contribution is 7.89. The van der Waals surface area contributed by atoms with E-state index >= 15 is 0 Å². The summed E-state index contributed by atoms with van der Waals surface area (Å²) in [4.78, 5) is 12.3. The van der Waals surface area contributed by atoms with Crippen molar-refractivity contribution in [1.82, 2.24) is 4.72 Å². The molecule has 0 aromatic heterocycles. The van der Waals surface area contributed by atoms with Gasteiger partial charge in [-0.3, -0.25) is 4.79 Å². The Morgan fingerprint density at radius 3 is 2.69 bits per heavy atom. The van der Waals surface area contributed by atoms with E-state index in [0.717, 1.165) is 0 Å². The highest BCUT2D eigenvalue weighted by atomic mass is 35.5. The van der Waals surface area contributed by atoms with E-state index in [0.29, 0.717) is 5.75 Å². The number of phenols is 1.